The van der Waals surface area contributed by atoms with Crippen LogP contribution in [0, 0.1) is 21.7 Å². The molecule has 0 aliphatic heterocycles. The van der Waals surface area contributed by atoms with E-state index in [2.05, 4.69) is 10.3 Å². The molecule has 0 aliphatic carbocycles. The van der Waals surface area contributed by atoms with Gasteiger partial charge in [-0.2, -0.15) is 0 Å². The molecule has 0 unspecified atom stereocenters. The largest absolute Gasteiger partial charge is 0.492 e. The van der Waals surface area contributed by atoms with Crippen molar-refractivity contribution in [2.75, 3.05) is 18.5 Å². The van der Waals surface area contributed by atoms with Crippen molar-refractivity contribution in [2.45, 2.75) is 0 Å². The summed E-state index contributed by atoms with van der Waals surface area (Å²) in [5.74, 6) is -1.70. The summed E-state index contributed by atoms with van der Waals surface area (Å²) in [7, 11) is 0. The minimum absolute atomic E-state index is 0.0216. The summed E-state index contributed by atoms with van der Waals surface area (Å²) >= 11 is 0. The highest BCUT2D eigenvalue weighted by atomic mass is 19.2. The Hall–Kier alpha value is -3.29. The van der Waals surface area contributed by atoms with E-state index < -0.39 is 16.6 Å². The fraction of sp³-hybridized carbons (Fsp3) is 0.118. The number of nitro groups is 1. The van der Waals surface area contributed by atoms with E-state index in [-0.39, 0.29) is 18.0 Å². The lowest BCUT2D eigenvalue weighted by atomic mass is 10.1. The number of hydrogen-bond acceptors (Lipinski definition) is 5. The molecule has 6 nitrogen and oxygen atoms in total. The molecule has 0 amide bonds. The number of benzene rings is 2. The van der Waals surface area contributed by atoms with Crippen molar-refractivity contribution < 1.29 is 18.4 Å². The number of hydrogen-bond donors (Lipinski definition) is 1. The summed E-state index contributed by atoms with van der Waals surface area (Å²) in [6.07, 6.45) is 1.55. The van der Waals surface area contributed by atoms with Crippen LogP contribution < -0.4 is 10.1 Å². The van der Waals surface area contributed by atoms with Gasteiger partial charge in [-0.05, 0) is 30.3 Å². The Bertz CT molecular complexity index is 934. The summed E-state index contributed by atoms with van der Waals surface area (Å²) in [6, 6.07) is 9.54. The number of aromatic nitrogens is 1. The molecule has 1 aromatic heterocycles. The summed E-state index contributed by atoms with van der Waals surface area (Å²) in [5.41, 5.74) is 1.08. The molecule has 3 aromatic rings. The zero-order valence-electron chi connectivity index (χ0n) is 12.9. The van der Waals surface area contributed by atoms with Crippen LogP contribution >= 0.6 is 0 Å². The predicted molar refractivity (Wildman–Crippen MR) is 88.7 cm³/mol. The van der Waals surface area contributed by atoms with E-state index in [1.807, 2.05) is 0 Å². The zero-order chi connectivity index (χ0) is 17.8. The first kappa shape index (κ1) is 16.6. The molecule has 0 bridgehead atoms. The van der Waals surface area contributed by atoms with Gasteiger partial charge in [-0.25, -0.2) is 8.78 Å². The molecule has 0 radical (unpaired) electrons. The molecule has 1 N–H and O–H groups in total. The fourth-order valence-corrected chi connectivity index (χ4v) is 2.38. The Morgan fingerprint density at radius 2 is 2.00 bits per heavy atom. The highest BCUT2D eigenvalue weighted by molar-refractivity contribution is 5.96. The second-order valence-electron chi connectivity index (χ2n) is 5.14. The smallest absolute Gasteiger partial charge is 0.278 e. The summed E-state index contributed by atoms with van der Waals surface area (Å²) in [5, 5.41) is 14.6. The third kappa shape index (κ3) is 3.63. The van der Waals surface area contributed by atoms with E-state index in [9.17, 15) is 18.9 Å². The highest BCUT2D eigenvalue weighted by Gasteiger charge is 2.14. The molecular weight excluding hydrogens is 332 g/mol. The summed E-state index contributed by atoms with van der Waals surface area (Å²) in [6.45, 7) is 0.541. The maximum Gasteiger partial charge on any atom is 0.278 e. The molecule has 0 atom stereocenters. The van der Waals surface area contributed by atoms with Crippen molar-refractivity contribution in [1.82, 2.24) is 4.98 Å². The number of nitrogens with zero attached hydrogens (tertiary/aromatic N) is 2. The Kier molecular flexibility index (Phi) is 4.69. The molecular formula is C17H13F2N3O3. The average Bonchev–Trinajstić information content (AvgIpc) is 2.61. The Labute approximate surface area is 141 Å². The maximum atomic E-state index is 13.1. The number of ether oxygens (including phenoxy) is 1. The van der Waals surface area contributed by atoms with E-state index >= 15 is 0 Å². The zero-order valence-corrected chi connectivity index (χ0v) is 12.9. The quantitative estimate of drug-likeness (QED) is 0.416. The lowest BCUT2D eigenvalue weighted by molar-refractivity contribution is -0.383. The first-order valence-electron chi connectivity index (χ1n) is 7.40. The van der Waals surface area contributed by atoms with Crippen LogP contribution in [0.4, 0.5) is 20.2 Å². The maximum absolute atomic E-state index is 13.1. The number of nitro benzene ring substituents is 1. The van der Waals surface area contributed by atoms with Crippen LogP contribution in [0.15, 0.2) is 48.7 Å². The van der Waals surface area contributed by atoms with Crippen LogP contribution in [0.2, 0.25) is 0 Å². The SMILES string of the molecule is O=[N+]([O-])c1ccc(NCCOc2ccc(F)c(F)c2)c2ncccc12. The molecule has 0 saturated heterocycles. The van der Waals surface area contributed by atoms with Gasteiger partial charge in [0.2, 0.25) is 0 Å². The summed E-state index contributed by atoms with van der Waals surface area (Å²) < 4.78 is 31.3. The van der Waals surface area contributed by atoms with E-state index in [4.69, 9.17) is 4.74 Å². The van der Waals surface area contributed by atoms with E-state index in [0.29, 0.717) is 23.1 Å². The number of nitrogens with one attached hydrogen (secondary N) is 1. The average molecular weight is 345 g/mol. The minimum Gasteiger partial charge on any atom is -0.492 e. The molecule has 8 heteroatoms. The molecule has 0 fully saturated rings. The van der Waals surface area contributed by atoms with Crippen molar-refractivity contribution in [3.05, 3.63) is 70.4 Å². The monoisotopic (exact) mass is 345 g/mol. The van der Waals surface area contributed by atoms with Gasteiger partial charge in [0, 0.05) is 24.9 Å². The molecule has 1 heterocycles. The van der Waals surface area contributed by atoms with Crippen LogP contribution in [-0.2, 0) is 0 Å². The second kappa shape index (κ2) is 7.08. The molecule has 0 spiro atoms. The first-order chi connectivity index (χ1) is 12.1. The number of anilines is 1. The number of fused-ring (bicyclic) bond motifs is 1. The van der Waals surface area contributed by atoms with Gasteiger partial charge < -0.3 is 10.1 Å². The van der Waals surface area contributed by atoms with Crippen LogP contribution in [0.3, 0.4) is 0 Å². The molecule has 3 rings (SSSR count). The van der Waals surface area contributed by atoms with Crippen LogP contribution in [-0.4, -0.2) is 23.1 Å². The fourth-order valence-electron chi connectivity index (χ4n) is 2.38. The molecule has 128 valence electrons. The Balaban J connectivity index is 1.68. The second-order valence-corrected chi connectivity index (χ2v) is 5.14. The third-order valence-electron chi connectivity index (χ3n) is 3.52. The van der Waals surface area contributed by atoms with Crippen LogP contribution in [0.1, 0.15) is 0 Å². The molecule has 2 aromatic carbocycles. The number of halogens is 2. The summed E-state index contributed by atoms with van der Waals surface area (Å²) in [4.78, 5) is 14.8. The van der Waals surface area contributed by atoms with Gasteiger partial charge in [0.05, 0.1) is 16.0 Å². The predicted octanol–water partition coefficient (Wildman–Crippen LogP) is 3.91. The van der Waals surface area contributed by atoms with Gasteiger partial charge in [0.15, 0.2) is 11.6 Å². The molecule has 25 heavy (non-hydrogen) atoms. The van der Waals surface area contributed by atoms with Gasteiger partial charge >= 0.3 is 0 Å². The molecule has 0 saturated carbocycles. The number of rotatable bonds is 6. The molecule has 0 aliphatic rings. The van der Waals surface area contributed by atoms with Crippen molar-refractivity contribution in [3.8, 4) is 5.75 Å². The first-order valence-corrected chi connectivity index (χ1v) is 7.40. The normalized spacial score (nSPS) is 10.6. The van der Waals surface area contributed by atoms with Crippen LogP contribution in [0.25, 0.3) is 10.9 Å². The van der Waals surface area contributed by atoms with Gasteiger partial charge in [0.1, 0.15) is 17.9 Å². The van der Waals surface area contributed by atoms with Gasteiger partial charge in [0.25, 0.3) is 5.69 Å². The Morgan fingerprint density at radius 1 is 1.16 bits per heavy atom. The van der Waals surface area contributed by atoms with E-state index in [1.165, 1.54) is 12.1 Å². The van der Waals surface area contributed by atoms with Crippen molar-refractivity contribution >= 4 is 22.3 Å². The van der Waals surface area contributed by atoms with Crippen molar-refractivity contribution in [2.24, 2.45) is 0 Å². The lowest BCUT2D eigenvalue weighted by Gasteiger charge is -2.10. The third-order valence-corrected chi connectivity index (χ3v) is 3.52. The van der Waals surface area contributed by atoms with E-state index in [1.54, 1.807) is 24.4 Å². The Morgan fingerprint density at radius 3 is 2.76 bits per heavy atom. The van der Waals surface area contributed by atoms with E-state index in [0.717, 1.165) is 12.1 Å². The number of non-ortho nitro benzene ring substituents is 1. The van der Waals surface area contributed by atoms with Crippen molar-refractivity contribution in [1.29, 1.82) is 0 Å². The minimum atomic E-state index is -0.976. The van der Waals surface area contributed by atoms with Gasteiger partial charge in [-0.1, -0.05) is 0 Å². The van der Waals surface area contributed by atoms with Gasteiger partial charge in [-0.3, -0.25) is 15.1 Å². The van der Waals surface area contributed by atoms with Gasteiger partial charge in [-0.15, -0.1) is 0 Å². The standard InChI is InChI=1S/C17H13F2N3O3/c18-13-4-3-11(10-14(13)19)25-9-8-20-15-5-6-16(22(23)24)12-2-1-7-21-17(12)15/h1-7,10,20H,8-9H2. The topological polar surface area (TPSA) is 77.3 Å². The number of pyridine rings is 1. The van der Waals surface area contributed by atoms with Crippen LogP contribution in [0.5, 0.6) is 5.75 Å². The lowest BCUT2D eigenvalue weighted by Crippen LogP contribution is -2.12. The highest BCUT2D eigenvalue weighted by Crippen LogP contribution is 2.29. The van der Waals surface area contributed by atoms with Crippen molar-refractivity contribution in [3.63, 3.8) is 0 Å².